The summed E-state index contributed by atoms with van der Waals surface area (Å²) in [5, 5.41) is 0. The van der Waals surface area contributed by atoms with Gasteiger partial charge in [0.25, 0.3) is 0 Å². The van der Waals surface area contributed by atoms with E-state index in [1.54, 1.807) is 0 Å². The zero-order chi connectivity index (χ0) is 19.1. The number of hydrogen-bond acceptors (Lipinski definition) is 4. The highest BCUT2D eigenvalue weighted by molar-refractivity contribution is 5.76. The minimum absolute atomic E-state index is 0.0185. The van der Waals surface area contributed by atoms with Gasteiger partial charge < -0.3 is 9.55 Å². The van der Waals surface area contributed by atoms with Gasteiger partial charge in [-0.05, 0) is 37.6 Å². The third-order valence-corrected chi connectivity index (χ3v) is 5.52. The highest BCUT2D eigenvalue weighted by Gasteiger charge is 2.35. The van der Waals surface area contributed by atoms with Crippen molar-refractivity contribution >= 4 is 11.0 Å². The van der Waals surface area contributed by atoms with Gasteiger partial charge in [0.1, 0.15) is 11.9 Å². The monoisotopic (exact) mass is 372 g/mol. The van der Waals surface area contributed by atoms with Crippen LogP contribution in [0.1, 0.15) is 48.7 Å². The summed E-state index contributed by atoms with van der Waals surface area (Å²) in [5.74, 6) is 1.06. The highest BCUT2D eigenvalue weighted by atomic mass is 15.2. The van der Waals surface area contributed by atoms with Crippen LogP contribution in [0.25, 0.3) is 11.0 Å². The molecule has 6 nitrogen and oxygen atoms in total. The largest absolute Gasteiger partial charge is 0.348 e. The lowest BCUT2D eigenvalue weighted by Gasteiger charge is -2.35. The molecular formula is C22H24N6. The number of para-hydroxylation sites is 2. The van der Waals surface area contributed by atoms with Crippen molar-refractivity contribution in [2.45, 2.75) is 38.9 Å². The molecule has 1 aromatic carbocycles. The van der Waals surface area contributed by atoms with Gasteiger partial charge in [0.15, 0.2) is 0 Å². The number of rotatable bonds is 4. The van der Waals surface area contributed by atoms with Crippen molar-refractivity contribution in [3.8, 4) is 0 Å². The molecule has 0 fully saturated rings. The average molecular weight is 372 g/mol. The molecule has 0 bridgehead atoms. The fraction of sp³-hybridized carbons (Fsp3) is 0.318. The number of nitrogens with zero attached hydrogens (tertiary/aromatic N) is 5. The zero-order valence-corrected chi connectivity index (χ0v) is 16.2. The topological polar surface area (TPSA) is 62.6 Å². The molecule has 0 radical (unpaired) electrons. The smallest absolute Gasteiger partial charge is 0.133 e. The third-order valence-electron chi connectivity index (χ3n) is 5.52. The van der Waals surface area contributed by atoms with Gasteiger partial charge in [-0.2, -0.15) is 0 Å². The number of aromatic amines is 1. The molecule has 0 amide bonds. The number of imidazole rings is 2. The fourth-order valence-corrected chi connectivity index (χ4v) is 4.31. The molecule has 0 unspecified atom stereocenters. The average Bonchev–Trinajstić information content (AvgIpc) is 3.33. The lowest BCUT2D eigenvalue weighted by atomic mass is 10.0. The summed E-state index contributed by atoms with van der Waals surface area (Å²) in [5.41, 5.74) is 5.73. The van der Waals surface area contributed by atoms with Crippen LogP contribution in [0.2, 0.25) is 0 Å². The first-order valence-corrected chi connectivity index (χ1v) is 9.84. The highest BCUT2D eigenvalue weighted by Crippen LogP contribution is 2.36. The molecule has 142 valence electrons. The number of benzene rings is 1. The quantitative estimate of drug-likeness (QED) is 0.590. The zero-order valence-electron chi connectivity index (χ0n) is 16.2. The lowest BCUT2D eigenvalue weighted by Crippen LogP contribution is -2.37. The minimum Gasteiger partial charge on any atom is -0.348 e. The summed E-state index contributed by atoms with van der Waals surface area (Å²) >= 11 is 0. The summed E-state index contributed by atoms with van der Waals surface area (Å²) < 4.78 is 2.36. The molecule has 1 atom stereocenters. The molecule has 4 aromatic rings. The second kappa shape index (κ2) is 6.87. The summed E-state index contributed by atoms with van der Waals surface area (Å²) in [6, 6.07) is 12.9. The molecule has 0 aliphatic carbocycles. The third kappa shape index (κ3) is 2.81. The van der Waals surface area contributed by atoms with Crippen molar-refractivity contribution in [3.05, 3.63) is 77.9 Å². The Morgan fingerprint density at radius 2 is 2.07 bits per heavy atom. The van der Waals surface area contributed by atoms with Crippen LogP contribution in [0.4, 0.5) is 0 Å². The Hall–Kier alpha value is -2.99. The number of fused-ring (bicyclic) bond motifs is 2. The maximum absolute atomic E-state index is 5.08. The molecule has 5 rings (SSSR count). The van der Waals surface area contributed by atoms with Gasteiger partial charge in [-0.1, -0.05) is 18.2 Å². The van der Waals surface area contributed by atoms with Crippen molar-refractivity contribution in [2.24, 2.45) is 0 Å². The second-order valence-electron chi connectivity index (χ2n) is 7.67. The first-order chi connectivity index (χ1) is 13.7. The van der Waals surface area contributed by atoms with Gasteiger partial charge >= 0.3 is 0 Å². The first-order valence-electron chi connectivity index (χ1n) is 9.84. The Kier molecular flexibility index (Phi) is 4.20. The van der Waals surface area contributed by atoms with Crippen LogP contribution in [0, 0.1) is 0 Å². The van der Waals surface area contributed by atoms with Crippen molar-refractivity contribution in [1.82, 2.24) is 29.4 Å². The second-order valence-corrected chi connectivity index (χ2v) is 7.67. The minimum atomic E-state index is 0.0185. The van der Waals surface area contributed by atoms with Gasteiger partial charge in [-0.3, -0.25) is 9.88 Å². The molecule has 1 aliphatic heterocycles. The van der Waals surface area contributed by atoms with Crippen LogP contribution in [-0.2, 0) is 13.0 Å². The van der Waals surface area contributed by atoms with Gasteiger partial charge in [0.05, 0.1) is 23.1 Å². The van der Waals surface area contributed by atoms with Crippen LogP contribution >= 0.6 is 0 Å². The summed E-state index contributed by atoms with van der Waals surface area (Å²) in [6.07, 6.45) is 6.55. The van der Waals surface area contributed by atoms with Gasteiger partial charge in [0, 0.05) is 43.6 Å². The number of hydrogen-bond donors (Lipinski definition) is 1. The predicted molar refractivity (Wildman–Crippen MR) is 109 cm³/mol. The Morgan fingerprint density at radius 3 is 2.89 bits per heavy atom. The van der Waals surface area contributed by atoms with E-state index in [9.17, 15) is 0 Å². The standard InChI is InChI=1S/C22H24N6/c1-15(2)28-19-8-4-3-7-17(19)26-22(28)21-20-18(24-14-25-20)9-11-27(21)13-16-6-5-10-23-12-16/h3-8,10,12,14-15,21H,9,11,13H2,1-2H3,(H,24,25)/t21-/m0/s1. The molecule has 3 aromatic heterocycles. The summed E-state index contributed by atoms with van der Waals surface area (Å²) in [7, 11) is 0. The first kappa shape index (κ1) is 17.1. The molecule has 28 heavy (non-hydrogen) atoms. The number of H-pyrrole nitrogens is 1. The molecule has 1 aliphatic rings. The summed E-state index contributed by atoms with van der Waals surface area (Å²) in [4.78, 5) is 19.9. The molecule has 0 saturated heterocycles. The molecule has 1 N–H and O–H groups in total. The van der Waals surface area contributed by atoms with Crippen LogP contribution < -0.4 is 0 Å². The van der Waals surface area contributed by atoms with E-state index in [4.69, 9.17) is 9.97 Å². The maximum Gasteiger partial charge on any atom is 0.133 e. The Balaban J connectivity index is 1.66. The molecule has 4 heterocycles. The molecule has 6 heteroatoms. The van der Waals surface area contributed by atoms with E-state index in [1.807, 2.05) is 24.8 Å². The Labute approximate surface area is 164 Å². The number of aromatic nitrogens is 5. The van der Waals surface area contributed by atoms with Crippen molar-refractivity contribution in [1.29, 1.82) is 0 Å². The van der Waals surface area contributed by atoms with Crippen LogP contribution in [0.3, 0.4) is 0 Å². The predicted octanol–water partition coefficient (Wildman–Crippen LogP) is 3.88. The van der Waals surface area contributed by atoms with Crippen LogP contribution in [0.5, 0.6) is 0 Å². The lowest BCUT2D eigenvalue weighted by molar-refractivity contribution is 0.188. The van der Waals surface area contributed by atoms with E-state index in [0.29, 0.717) is 6.04 Å². The fourth-order valence-electron chi connectivity index (χ4n) is 4.31. The molecule has 0 saturated carbocycles. The van der Waals surface area contributed by atoms with E-state index >= 15 is 0 Å². The van der Waals surface area contributed by atoms with Crippen molar-refractivity contribution in [3.63, 3.8) is 0 Å². The summed E-state index contributed by atoms with van der Waals surface area (Å²) in [6.45, 7) is 6.22. The molecule has 0 spiro atoms. The Morgan fingerprint density at radius 1 is 1.18 bits per heavy atom. The van der Waals surface area contributed by atoms with Crippen LogP contribution in [0.15, 0.2) is 55.1 Å². The van der Waals surface area contributed by atoms with E-state index in [-0.39, 0.29) is 6.04 Å². The van der Waals surface area contributed by atoms with Gasteiger partial charge in [-0.25, -0.2) is 9.97 Å². The van der Waals surface area contributed by atoms with Crippen LogP contribution in [-0.4, -0.2) is 35.9 Å². The van der Waals surface area contributed by atoms with Crippen molar-refractivity contribution < 1.29 is 0 Å². The number of nitrogens with one attached hydrogen (secondary N) is 1. The number of pyridine rings is 1. The SMILES string of the molecule is CC(C)n1c([C@@H]2c3nc[nH]c3CCN2Cc2cccnc2)nc2ccccc21. The van der Waals surface area contributed by atoms with Gasteiger partial charge in [-0.15, -0.1) is 0 Å². The van der Waals surface area contributed by atoms with Crippen molar-refractivity contribution in [2.75, 3.05) is 6.54 Å². The molecular weight excluding hydrogens is 348 g/mol. The van der Waals surface area contributed by atoms with E-state index in [2.05, 4.69) is 63.6 Å². The maximum atomic E-state index is 5.08. The van der Waals surface area contributed by atoms with Gasteiger partial charge in [0.2, 0.25) is 0 Å². The van der Waals surface area contributed by atoms with E-state index < -0.39 is 0 Å². The Bertz CT molecular complexity index is 1090. The normalized spacial score (nSPS) is 17.3. The van der Waals surface area contributed by atoms with E-state index in [0.717, 1.165) is 36.5 Å². The van der Waals surface area contributed by atoms with E-state index in [1.165, 1.54) is 16.8 Å².